The minimum Gasteiger partial charge on any atom is -0.508 e. The average molecular weight is 382 g/mol. The number of aromatic hydroxyl groups is 1. The summed E-state index contributed by atoms with van der Waals surface area (Å²) >= 11 is 3.13. The summed E-state index contributed by atoms with van der Waals surface area (Å²) in [6.07, 6.45) is -1.05. The first-order valence-corrected chi connectivity index (χ1v) is 7.40. The lowest BCUT2D eigenvalue weighted by molar-refractivity contribution is -0.158. The number of phenols is 1. The summed E-state index contributed by atoms with van der Waals surface area (Å²) < 4.78 is 0.00396. The Morgan fingerprint density at radius 3 is 2.17 bits per heavy atom. The number of benzene rings is 1. The van der Waals surface area contributed by atoms with Gasteiger partial charge in [0.05, 0.1) is 0 Å². The first kappa shape index (κ1) is 15.5. The highest BCUT2D eigenvalue weighted by molar-refractivity contribution is 9.18. The number of urea groups is 1. The van der Waals surface area contributed by atoms with Gasteiger partial charge in [-0.2, -0.15) is 0 Å². The van der Waals surface area contributed by atoms with E-state index in [9.17, 15) is 19.5 Å². The maximum absolute atomic E-state index is 12.8. The largest absolute Gasteiger partial charge is 0.508 e. The summed E-state index contributed by atoms with van der Waals surface area (Å²) in [6.45, 7) is 0. The molecule has 1 N–H and O–H groups in total. The molecule has 8 nitrogen and oxygen atoms in total. The van der Waals surface area contributed by atoms with Crippen molar-refractivity contribution in [2.75, 3.05) is 14.1 Å². The smallest absolute Gasteiger partial charge is 0.332 e. The maximum Gasteiger partial charge on any atom is 0.332 e. The van der Waals surface area contributed by atoms with Crippen LogP contribution in [0.5, 0.6) is 5.75 Å². The highest BCUT2D eigenvalue weighted by atomic mass is 79.9. The van der Waals surface area contributed by atoms with Crippen LogP contribution in [0, 0.1) is 5.41 Å². The molecule has 3 rings (SSSR count). The van der Waals surface area contributed by atoms with Crippen LogP contribution in [0.4, 0.5) is 4.79 Å². The highest BCUT2D eigenvalue weighted by Gasteiger charge is 2.67. The van der Waals surface area contributed by atoms with Crippen molar-refractivity contribution in [2.24, 2.45) is 10.6 Å². The van der Waals surface area contributed by atoms with Gasteiger partial charge in [-0.05, 0) is 33.6 Å². The van der Waals surface area contributed by atoms with E-state index in [0.717, 1.165) is 9.80 Å². The molecule has 1 spiro atoms. The molecule has 0 bridgehead atoms. The van der Waals surface area contributed by atoms with Gasteiger partial charge < -0.3 is 9.94 Å². The van der Waals surface area contributed by atoms with Crippen molar-refractivity contribution in [1.29, 1.82) is 0 Å². The van der Waals surface area contributed by atoms with E-state index in [0.29, 0.717) is 5.56 Å². The van der Waals surface area contributed by atoms with Crippen LogP contribution in [0.15, 0.2) is 29.4 Å². The predicted molar refractivity (Wildman–Crippen MR) is 81.7 cm³/mol. The van der Waals surface area contributed by atoms with Crippen molar-refractivity contribution in [3.8, 4) is 5.75 Å². The van der Waals surface area contributed by atoms with E-state index in [1.807, 2.05) is 0 Å². The standard InChI is InChI=1S/C14H12BrN3O5/c1-17-11(20)14(12(21)18(2)13(17)22)9(23-16-10(14)15)7-3-5-8(19)6-4-7/h3-6,9,19H,1-2H3. The molecule has 1 aromatic rings. The van der Waals surface area contributed by atoms with Gasteiger partial charge in [0.1, 0.15) is 5.75 Å². The van der Waals surface area contributed by atoms with Gasteiger partial charge in [0.2, 0.25) is 5.41 Å². The molecule has 2 heterocycles. The molecular formula is C14H12BrN3O5. The third-order valence-electron chi connectivity index (χ3n) is 4.01. The number of carbonyl (C=O) groups is 3. The summed E-state index contributed by atoms with van der Waals surface area (Å²) in [5, 5.41) is 13.2. The molecule has 0 aliphatic carbocycles. The van der Waals surface area contributed by atoms with Crippen LogP contribution in [0.25, 0.3) is 0 Å². The van der Waals surface area contributed by atoms with Crippen molar-refractivity contribution in [1.82, 2.24) is 9.80 Å². The Labute approximate surface area is 139 Å². The van der Waals surface area contributed by atoms with Crippen molar-refractivity contribution in [2.45, 2.75) is 6.10 Å². The van der Waals surface area contributed by atoms with E-state index in [1.54, 1.807) is 0 Å². The minimum atomic E-state index is -1.80. The zero-order valence-corrected chi connectivity index (χ0v) is 13.8. The number of nitrogens with zero attached hydrogens (tertiary/aromatic N) is 3. The number of amides is 4. The Hall–Kier alpha value is -2.42. The van der Waals surface area contributed by atoms with E-state index in [2.05, 4.69) is 21.1 Å². The fourth-order valence-electron chi connectivity index (χ4n) is 2.74. The Morgan fingerprint density at radius 2 is 1.65 bits per heavy atom. The van der Waals surface area contributed by atoms with Crippen molar-refractivity contribution < 1.29 is 24.3 Å². The third-order valence-corrected chi connectivity index (χ3v) is 4.78. The van der Waals surface area contributed by atoms with Gasteiger partial charge in [0, 0.05) is 14.1 Å². The zero-order chi connectivity index (χ0) is 16.9. The Bertz CT molecular complexity index is 721. The van der Waals surface area contributed by atoms with Crippen molar-refractivity contribution in [3.05, 3.63) is 29.8 Å². The van der Waals surface area contributed by atoms with Crippen LogP contribution in [0.3, 0.4) is 0 Å². The maximum atomic E-state index is 12.8. The topological polar surface area (TPSA) is 99.5 Å². The van der Waals surface area contributed by atoms with Crippen LogP contribution in [-0.4, -0.2) is 51.5 Å². The second-order valence-electron chi connectivity index (χ2n) is 5.28. The Balaban J connectivity index is 2.17. The highest BCUT2D eigenvalue weighted by Crippen LogP contribution is 2.49. The fourth-order valence-corrected chi connectivity index (χ4v) is 3.37. The molecule has 0 aromatic heterocycles. The van der Waals surface area contributed by atoms with Gasteiger partial charge in [-0.25, -0.2) is 4.79 Å². The van der Waals surface area contributed by atoms with Crippen LogP contribution in [0.2, 0.25) is 0 Å². The van der Waals surface area contributed by atoms with Crippen LogP contribution >= 0.6 is 15.9 Å². The number of phenolic OH excluding ortho intramolecular Hbond substituents is 1. The number of barbiturate groups is 1. The molecule has 1 atom stereocenters. The molecule has 120 valence electrons. The lowest BCUT2D eigenvalue weighted by atomic mass is 9.76. The molecule has 2 aliphatic heterocycles. The third kappa shape index (κ3) is 1.89. The summed E-state index contributed by atoms with van der Waals surface area (Å²) in [4.78, 5) is 44.6. The number of hydrogen-bond acceptors (Lipinski definition) is 6. The van der Waals surface area contributed by atoms with Gasteiger partial charge in [0.15, 0.2) is 10.7 Å². The van der Waals surface area contributed by atoms with Gasteiger partial charge in [0.25, 0.3) is 11.8 Å². The normalized spacial score (nSPS) is 23.3. The van der Waals surface area contributed by atoms with E-state index >= 15 is 0 Å². The number of carbonyl (C=O) groups excluding carboxylic acids is 3. The Kier molecular flexibility index (Phi) is 3.40. The van der Waals surface area contributed by atoms with Crippen molar-refractivity contribution in [3.63, 3.8) is 0 Å². The number of hydrogen-bond donors (Lipinski definition) is 1. The molecular weight excluding hydrogens is 370 g/mol. The zero-order valence-electron chi connectivity index (χ0n) is 12.2. The van der Waals surface area contributed by atoms with Gasteiger partial charge in [-0.3, -0.25) is 19.4 Å². The quantitative estimate of drug-likeness (QED) is 0.736. The summed E-state index contributed by atoms with van der Waals surface area (Å²) in [7, 11) is 2.59. The second kappa shape index (κ2) is 5.05. The van der Waals surface area contributed by atoms with Crippen LogP contribution in [0.1, 0.15) is 11.7 Å². The monoisotopic (exact) mass is 381 g/mol. The van der Waals surface area contributed by atoms with Crippen LogP contribution < -0.4 is 0 Å². The van der Waals surface area contributed by atoms with E-state index in [-0.39, 0.29) is 10.4 Å². The summed E-state index contributed by atoms with van der Waals surface area (Å²) in [5.74, 6) is -1.42. The molecule has 1 fully saturated rings. The van der Waals surface area contributed by atoms with Crippen molar-refractivity contribution >= 4 is 38.4 Å². The molecule has 9 heteroatoms. The molecule has 1 aromatic carbocycles. The fraction of sp³-hybridized carbons (Fsp3) is 0.286. The molecule has 1 saturated heterocycles. The second-order valence-corrected chi connectivity index (χ2v) is 6.03. The predicted octanol–water partition coefficient (Wildman–Crippen LogP) is 1.21. The molecule has 0 saturated carbocycles. The minimum absolute atomic E-state index is 0.00396. The van der Waals surface area contributed by atoms with Gasteiger partial charge in [-0.1, -0.05) is 17.3 Å². The average Bonchev–Trinajstić information content (AvgIpc) is 2.89. The van der Waals surface area contributed by atoms with E-state index in [4.69, 9.17) is 4.84 Å². The first-order valence-electron chi connectivity index (χ1n) is 6.60. The van der Waals surface area contributed by atoms with E-state index < -0.39 is 29.4 Å². The summed E-state index contributed by atoms with van der Waals surface area (Å²) in [5.41, 5.74) is -1.33. The van der Waals surface area contributed by atoms with E-state index in [1.165, 1.54) is 38.4 Å². The number of rotatable bonds is 1. The Morgan fingerprint density at radius 1 is 1.13 bits per heavy atom. The SMILES string of the molecule is CN1C(=O)N(C)C(=O)C2(C1=O)C(Br)=NOC2c1ccc(O)cc1. The lowest BCUT2D eigenvalue weighted by Crippen LogP contribution is -2.66. The molecule has 4 amide bonds. The number of halogens is 1. The lowest BCUT2D eigenvalue weighted by Gasteiger charge is -2.40. The first-order chi connectivity index (χ1) is 10.8. The number of imide groups is 2. The molecule has 0 radical (unpaired) electrons. The van der Waals surface area contributed by atoms with Crippen LogP contribution in [-0.2, 0) is 14.4 Å². The molecule has 1 unspecified atom stereocenters. The summed E-state index contributed by atoms with van der Waals surface area (Å²) in [6, 6.07) is 5.16. The van der Waals surface area contributed by atoms with Gasteiger partial charge in [-0.15, -0.1) is 0 Å². The molecule has 2 aliphatic rings. The number of oxime groups is 1. The molecule has 23 heavy (non-hydrogen) atoms. The van der Waals surface area contributed by atoms with Gasteiger partial charge >= 0.3 is 6.03 Å².